The van der Waals surface area contributed by atoms with Gasteiger partial charge in [-0.05, 0) is 36.4 Å². The second kappa shape index (κ2) is 9.61. The predicted octanol–water partition coefficient (Wildman–Crippen LogP) is 2.73. The molecule has 2 aromatic rings. The van der Waals surface area contributed by atoms with Gasteiger partial charge in [0.25, 0.3) is 11.6 Å². The van der Waals surface area contributed by atoms with E-state index in [1.807, 2.05) is 0 Å². The van der Waals surface area contributed by atoms with Crippen LogP contribution in [0.3, 0.4) is 0 Å². The molecule has 2 aromatic carbocycles. The van der Waals surface area contributed by atoms with Gasteiger partial charge < -0.3 is 9.80 Å². The van der Waals surface area contributed by atoms with E-state index in [4.69, 9.17) is 0 Å². The number of amides is 1. The first kappa shape index (κ1) is 23.6. The first-order valence-electron chi connectivity index (χ1n) is 10.3. The fourth-order valence-corrected chi connectivity index (χ4v) is 5.19. The summed E-state index contributed by atoms with van der Waals surface area (Å²) in [6.07, 6.45) is 0. The van der Waals surface area contributed by atoms with Gasteiger partial charge in [0.2, 0.25) is 10.0 Å². The Balaban J connectivity index is 1.79. The molecule has 1 saturated heterocycles. The van der Waals surface area contributed by atoms with Crippen LogP contribution in [0.25, 0.3) is 0 Å². The molecule has 1 fully saturated rings. The molecule has 0 unspecified atom stereocenters. The number of halogens is 1. The first-order chi connectivity index (χ1) is 15.2. The highest BCUT2D eigenvalue weighted by molar-refractivity contribution is 7.89. The summed E-state index contributed by atoms with van der Waals surface area (Å²) in [6.45, 7) is 5.27. The zero-order valence-electron chi connectivity index (χ0n) is 17.9. The lowest BCUT2D eigenvalue weighted by atomic mass is 10.1. The third kappa shape index (κ3) is 4.73. The first-order valence-corrected chi connectivity index (χ1v) is 11.7. The molecule has 1 aliphatic heterocycles. The molecule has 3 rings (SSSR count). The smallest absolute Gasteiger partial charge is 0.293 e. The zero-order chi connectivity index (χ0) is 23.5. The predicted molar refractivity (Wildman–Crippen MR) is 118 cm³/mol. The molecule has 0 bridgehead atoms. The number of anilines is 1. The minimum Gasteiger partial charge on any atom is -0.362 e. The average Bonchev–Trinajstić information content (AvgIpc) is 2.79. The van der Waals surface area contributed by atoms with Crippen LogP contribution in [0.1, 0.15) is 24.2 Å². The molecule has 172 valence electrons. The van der Waals surface area contributed by atoms with Crippen molar-refractivity contribution in [3.8, 4) is 0 Å². The van der Waals surface area contributed by atoms with Gasteiger partial charge in [-0.2, -0.15) is 4.31 Å². The maximum Gasteiger partial charge on any atom is 0.293 e. The van der Waals surface area contributed by atoms with Crippen molar-refractivity contribution in [2.45, 2.75) is 18.7 Å². The minimum atomic E-state index is -3.83. The topological polar surface area (TPSA) is 104 Å². The van der Waals surface area contributed by atoms with Crippen molar-refractivity contribution < 1.29 is 22.5 Å². The Morgan fingerprint density at radius 1 is 1.06 bits per heavy atom. The fraction of sp³-hybridized carbons (Fsp3) is 0.381. The molecule has 11 heteroatoms. The Morgan fingerprint density at radius 3 is 2.19 bits per heavy atom. The van der Waals surface area contributed by atoms with E-state index in [0.29, 0.717) is 37.4 Å². The largest absolute Gasteiger partial charge is 0.362 e. The van der Waals surface area contributed by atoms with Gasteiger partial charge in [0, 0.05) is 50.9 Å². The monoisotopic (exact) mass is 464 g/mol. The van der Waals surface area contributed by atoms with E-state index >= 15 is 0 Å². The minimum absolute atomic E-state index is 0.123. The van der Waals surface area contributed by atoms with Crippen LogP contribution in [0.4, 0.5) is 15.8 Å². The maximum absolute atomic E-state index is 13.1. The fourth-order valence-electron chi connectivity index (χ4n) is 3.72. The number of hydrogen-bond acceptors (Lipinski definition) is 6. The lowest BCUT2D eigenvalue weighted by Crippen LogP contribution is -2.49. The summed E-state index contributed by atoms with van der Waals surface area (Å²) in [6, 6.07) is 9.21. The molecular formula is C21H25FN4O5S. The summed E-state index contributed by atoms with van der Waals surface area (Å²) in [5, 5.41) is 11.7. The van der Waals surface area contributed by atoms with E-state index < -0.39 is 20.8 Å². The molecule has 32 heavy (non-hydrogen) atoms. The molecule has 0 spiro atoms. The highest BCUT2D eigenvalue weighted by Crippen LogP contribution is 2.32. The number of carbonyl (C=O) groups is 1. The van der Waals surface area contributed by atoms with Crippen LogP contribution in [0.5, 0.6) is 0 Å². The third-order valence-corrected chi connectivity index (χ3v) is 7.53. The number of hydrogen-bond donors (Lipinski definition) is 0. The summed E-state index contributed by atoms with van der Waals surface area (Å²) in [5.74, 6) is -0.662. The molecule has 0 aromatic heterocycles. The van der Waals surface area contributed by atoms with Crippen molar-refractivity contribution in [1.29, 1.82) is 0 Å². The van der Waals surface area contributed by atoms with E-state index in [2.05, 4.69) is 0 Å². The van der Waals surface area contributed by atoms with Crippen molar-refractivity contribution in [3.05, 3.63) is 64.0 Å². The van der Waals surface area contributed by atoms with E-state index in [-0.39, 0.29) is 29.6 Å². The van der Waals surface area contributed by atoms with Crippen LogP contribution in [0.2, 0.25) is 0 Å². The number of carbonyl (C=O) groups excluding carboxylic acids is 1. The van der Waals surface area contributed by atoms with Crippen molar-refractivity contribution >= 4 is 27.3 Å². The zero-order valence-corrected chi connectivity index (χ0v) is 18.7. The molecule has 1 aliphatic rings. The molecule has 9 nitrogen and oxygen atoms in total. The van der Waals surface area contributed by atoms with Gasteiger partial charge in [0.1, 0.15) is 11.5 Å². The van der Waals surface area contributed by atoms with Crippen LogP contribution in [-0.4, -0.2) is 67.7 Å². The molecule has 0 atom stereocenters. The number of nitro benzene ring substituents is 1. The second-order valence-electron chi connectivity index (χ2n) is 7.28. The highest BCUT2D eigenvalue weighted by Gasteiger charge is 2.29. The number of nitrogens with zero attached hydrogens (tertiary/aromatic N) is 4. The number of rotatable bonds is 7. The van der Waals surface area contributed by atoms with Crippen LogP contribution in [-0.2, 0) is 10.0 Å². The highest BCUT2D eigenvalue weighted by atomic mass is 32.2. The summed E-state index contributed by atoms with van der Waals surface area (Å²) in [7, 11) is -3.83. The Bertz CT molecular complexity index is 1100. The third-order valence-electron chi connectivity index (χ3n) is 5.49. The van der Waals surface area contributed by atoms with Crippen molar-refractivity contribution in [1.82, 2.24) is 9.21 Å². The normalized spacial score (nSPS) is 14.6. The molecule has 0 radical (unpaired) electrons. The van der Waals surface area contributed by atoms with Gasteiger partial charge in [-0.25, -0.2) is 12.8 Å². The van der Waals surface area contributed by atoms with Gasteiger partial charge in [0.15, 0.2) is 0 Å². The van der Waals surface area contributed by atoms with Gasteiger partial charge >= 0.3 is 0 Å². The summed E-state index contributed by atoms with van der Waals surface area (Å²) < 4.78 is 39.8. The van der Waals surface area contributed by atoms with Gasteiger partial charge in [0.05, 0.1) is 9.82 Å². The molecule has 0 saturated carbocycles. The Labute approximate surface area is 186 Å². The molecule has 0 aliphatic carbocycles. The molecule has 0 N–H and O–H groups in total. The number of nitro groups is 1. The lowest BCUT2D eigenvalue weighted by Gasteiger charge is -2.36. The number of piperazine rings is 1. The van der Waals surface area contributed by atoms with Crippen LogP contribution >= 0.6 is 0 Å². The van der Waals surface area contributed by atoms with E-state index in [1.54, 1.807) is 23.6 Å². The summed E-state index contributed by atoms with van der Waals surface area (Å²) in [5.41, 5.74) is 0.385. The van der Waals surface area contributed by atoms with Crippen molar-refractivity contribution in [2.75, 3.05) is 44.2 Å². The second-order valence-corrected chi connectivity index (χ2v) is 9.22. The summed E-state index contributed by atoms with van der Waals surface area (Å²) in [4.78, 5) is 27.0. The van der Waals surface area contributed by atoms with Crippen LogP contribution in [0.15, 0.2) is 47.4 Å². The molecule has 1 heterocycles. The van der Waals surface area contributed by atoms with Crippen LogP contribution < -0.4 is 4.90 Å². The maximum atomic E-state index is 13.1. The summed E-state index contributed by atoms with van der Waals surface area (Å²) >= 11 is 0. The van der Waals surface area contributed by atoms with E-state index in [0.717, 1.165) is 6.07 Å². The van der Waals surface area contributed by atoms with E-state index in [9.17, 15) is 27.7 Å². The quantitative estimate of drug-likeness (QED) is 0.461. The van der Waals surface area contributed by atoms with Gasteiger partial charge in [-0.3, -0.25) is 14.9 Å². The molecule has 1 amide bonds. The van der Waals surface area contributed by atoms with Gasteiger partial charge in [-0.15, -0.1) is 0 Å². The Kier molecular flexibility index (Phi) is 7.09. The van der Waals surface area contributed by atoms with Crippen molar-refractivity contribution in [3.63, 3.8) is 0 Å². The van der Waals surface area contributed by atoms with Gasteiger partial charge in [-0.1, -0.05) is 13.8 Å². The lowest BCUT2D eigenvalue weighted by molar-refractivity contribution is -0.384. The molecular weight excluding hydrogens is 439 g/mol. The number of sulfonamides is 1. The number of benzene rings is 2. The van der Waals surface area contributed by atoms with Crippen molar-refractivity contribution in [2.24, 2.45) is 0 Å². The van der Waals surface area contributed by atoms with Crippen LogP contribution in [0, 0.1) is 15.9 Å². The van der Waals surface area contributed by atoms with E-state index in [1.165, 1.54) is 40.7 Å². The average molecular weight is 465 g/mol. The SMILES string of the molecule is CCN(CC)S(=O)(=O)c1ccc(N2CCN(C(=O)c3ccc(F)cc3)CC2)c([N+](=O)[O-])c1. The Morgan fingerprint density at radius 2 is 1.66 bits per heavy atom. The standard InChI is InChI=1S/C21H25FN4O5S/c1-3-25(4-2)32(30,31)18-9-10-19(20(15-18)26(28)29)23-11-13-24(14-12-23)21(27)16-5-7-17(22)8-6-16/h5-10,15H,3-4,11-14H2,1-2H3. The Hall–Kier alpha value is -3.05.